The Morgan fingerprint density at radius 1 is 1.40 bits per heavy atom. The van der Waals surface area contributed by atoms with Crippen molar-refractivity contribution in [2.45, 2.75) is 18.6 Å². The molecular weight excluding hydrogens is 196 g/mol. The number of hydrogen-bond acceptors (Lipinski definition) is 4. The molecule has 2 atom stereocenters. The lowest BCUT2D eigenvalue weighted by Crippen LogP contribution is -2.47. The van der Waals surface area contributed by atoms with Crippen LogP contribution in [0, 0.1) is 0 Å². The van der Waals surface area contributed by atoms with Crippen LogP contribution < -0.4 is 0 Å². The van der Waals surface area contributed by atoms with Gasteiger partial charge in [0.25, 0.3) is 0 Å². The summed E-state index contributed by atoms with van der Waals surface area (Å²) in [5.41, 5.74) is -1.51. The summed E-state index contributed by atoms with van der Waals surface area (Å²) in [5, 5.41) is 27.8. The van der Waals surface area contributed by atoms with Gasteiger partial charge in [0.1, 0.15) is 11.7 Å². The Labute approximate surface area is 87.8 Å². The predicted octanol–water partition coefficient (Wildman–Crippen LogP) is -0.0265. The molecule has 1 aromatic carbocycles. The van der Waals surface area contributed by atoms with Gasteiger partial charge in [0.2, 0.25) is 0 Å². The van der Waals surface area contributed by atoms with E-state index in [1.165, 1.54) is 6.92 Å². The zero-order chi connectivity index (χ0) is 11.5. The number of ketones is 1. The van der Waals surface area contributed by atoms with Gasteiger partial charge in [0, 0.05) is 5.56 Å². The molecule has 1 rings (SSSR count). The first kappa shape index (κ1) is 11.8. The maximum Gasteiger partial charge on any atom is 0.194 e. The summed E-state index contributed by atoms with van der Waals surface area (Å²) in [6.07, 6.45) is -1.62. The van der Waals surface area contributed by atoms with E-state index >= 15 is 0 Å². The number of carbonyl (C=O) groups excluding carboxylic acids is 1. The van der Waals surface area contributed by atoms with Gasteiger partial charge in [-0.15, -0.1) is 0 Å². The average molecular weight is 210 g/mol. The molecule has 0 fully saturated rings. The average Bonchev–Trinajstić information content (AvgIpc) is 2.28. The van der Waals surface area contributed by atoms with Crippen molar-refractivity contribution in [1.82, 2.24) is 0 Å². The van der Waals surface area contributed by atoms with Crippen LogP contribution in [0.3, 0.4) is 0 Å². The third-order valence-electron chi connectivity index (χ3n) is 2.22. The first-order chi connectivity index (χ1) is 6.99. The van der Waals surface area contributed by atoms with E-state index in [0.29, 0.717) is 5.56 Å². The summed E-state index contributed by atoms with van der Waals surface area (Å²) >= 11 is 0. The fraction of sp³-hybridized carbons (Fsp3) is 0.364. The van der Waals surface area contributed by atoms with E-state index in [2.05, 4.69) is 0 Å². The Morgan fingerprint density at radius 2 is 1.93 bits per heavy atom. The third-order valence-corrected chi connectivity index (χ3v) is 2.22. The van der Waals surface area contributed by atoms with Crippen LogP contribution in [0.25, 0.3) is 0 Å². The molecule has 0 aromatic heterocycles. The standard InChI is InChI=1S/C11H14O4/c1-11(15,7-12)10(14)9(13)8-5-3-2-4-6-8/h2-6,10,12,14-15H,7H2,1H3. The van der Waals surface area contributed by atoms with Crippen LogP contribution in [0.15, 0.2) is 30.3 Å². The number of hydrogen-bond donors (Lipinski definition) is 3. The van der Waals surface area contributed by atoms with E-state index in [0.717, 1.165) is 0 Å². The number of rotatable bonds is 4. The number of carbonyl (C=O) groups is 1. The topological polar surface area (TPSA) is 77.8 Å². The van der Waals surface area contributed by atoms with Crippen LogP contribution in [0.4, 0.5) is 0 Å². The molecule has 0 bridgehead atoms. The third kappa shape index (κ3) is 2.62. The van der Waals surface area contributed by atoms with Gasteiger partial charge in [0.05, 0.1) is 6.61 Å². The largest absolute Gasteiger partial charge is 0.393 e. The Kier molecular flexibility index (Phi) is 3.57. The highest BCUT2D eigenvalue weighted by Gasteiger charge is 2.35. The Hall–Kier alpha value is -1.23. The molecule has 2 unspecified atom stereocenters. The lowest BCUT2D eigenvalue weighted by Gasteiger charge is -2.25. The van der Waals surface area contributed by atoms with Crippen molar-refractivity contribution < 1.29 is 20.1 Å². The molecule has 0 saturated carbocycles. The van der Waals surface area contributed by atoms with E-state index in [1.54, 1.807) is 30.3 Å². The summed E-state index contributed by atoms with van der Waals surface area (Å²) in [6, 6.07) is 8.15. The summed E-state index contributed by atoms with van der Waals surface area (Å²) in [4.78, 5) is 11.6. The van der Waals surface area contributed by atoms with E-state index < -0.39 is 24.1 Å². The van der Waals surface area contributed by atoms with Crippen molar-refractivity contribution in [3.8, 4) is 0 Å². The van der Waals surface area contributed by atoms with E-state index in [-0.39, 0.29) is 0 Å². The molecule has 4 heteroatoms. The van der Waals surface area contributed by atoms with Gasteiger partial charge >= 0.3 is 0 Å². The van der Waals surface area contributed by atoms with Crippen molar-refractivity contribution in [1.29, 1.82) is 0 Å². The van der Waals surface area contributed by atoms with Gasteiger partial charge < -0.3 is 15.3 Å². The SMILES string of the molecule is CC(O)(CO)C(O)C(=O)c1ccccc1. The molecule has 1 aromatic rings. The predicted molar refractivity (Wildman–Crippen MR) is 54.5 cm³/mol. The summed E-state index contributed by atoms with van der Waals surface area (Å²) in [5.74, 6) is -0.602. The first-order valence-electron chi connectivity index (χ1n) is 4.59. The monoisotopic (exact) mass is 210 g/mol. The molecule has 0 heterocycles. The molecule has 3 N–H and O–H groups in total. The molecule has 0 aliphatic heterocycles. The molecule has 15 heavy (non-hydrogen) atoms. The minimum absolute atomic E-state index is 0.304. The van der Waals surface area contributed by atoms with E-state index in [4.69, 9.17) is 5.11 Å². The lowest BCUT2D eigenvalue weighted by molar-refractivity contribution is -0.0759. The first-order valence-corrected chi connectivity index (χ1v) is 4.59. The van der Waals surface area contributed by atoms with Crippen LogP contribution >= 0.6 is 0 Å². The summed E-state index contributed by atoms with van der Waals surface area (Å²) in [7, 11) is 0. The smallest absolute Gasteiger partial charge is 0.194 e. The zero-order valence-corrected chi connectivity index (χ0v) is 8.42. The minimum Gasteiger partial charge on any atom is -0.393 e. The highest BCUT2D eigenvalue weighted by Crippen LogP contribution is 2.14. The molecule has 0 saturated heterocycles. The van der Waals surface area contributed by atoms with Crippen molar-refractivity contribution in [3.63, 3.8) is 0 Å². The Balaban J connectivity index is 2.87. The fourth-order valence-electron chi connectivity index (χ4n) is 1.13. The summed E-state index contributed by atoms with van der Waals surface area (Å²) in [6.45, 7) is 0.533. The van der Waals surface area contributed by atoms with Crippen LogP contribution in [-0.4, -0.2) is 39.4 Å². The van der Waals surface area contributed by atoms with Gasteiger partial charge in [-0.2, -0.15) is 0 Å². The highest BCUT2D eigenvalue weighted by atomic mass is 16.4. The molecule has 0 spiro atoms. The Morgan fingerprint density at radius 3 is 2.40 bits per heavy atom. The normalized spacial score (nSPS) is 16.8. The summed E-state index contributed by atoms with van der Waals surface area (Å²) < 4.78 is 0. The van der Waals surface area contributed by atoms with Crippen LogP contribution in [0.5, 0.6) is 0 Å². The molecule has 0 amide bonds. The van der Waals surface area contributed by atoms with Gasteiger partial charge in [-0.1, -0.05) is 30.3 Å². The molecular formula is C11H14O4. The second kappa shape index (κ2) is 4.53. The zero-order valence-electron chi connectivity index (χ0n) is 8.42. The van der Waals surface area contributed by atoms with Crippen LogP contribution in [-0.2, 0) is 0 Å². The molecule has 4 nitrogen and oxygen atoms in total. The lowest BCUT2D eigenvalue weighted by atomic mass is 9.93. The second-order valence-electron chi connectivity index (χ2n) is 3.65. The van der Waals surface area contributed by atoms with Crippen molar-refractivity contribution in [2.24, 2.45) is 0 Å². The van der Waals surface area contributed by atoms with Crippen molar-refractivity contribution in [3.05, 3.63) is 35.9 Å². The van der Waals surface area contributed by atoms with Crippen LogP contribution in [0.1, 0.15) is 17.3 Å². The second-order valence-corrected chi connectivity index (χ2v) is 3.65. The quantitative estimate of drug-likeness (QED) is 0.610. The minimum atomic E-state index is -1.81. The number of Topliss-reactive ketones (excluding diaryl/α,β-unsaturated/α-hetero) is 1. The molecule has 0 aliphatic carbocycles. The number of aliphatic hydroxyl groups is 3. The molecule has 82 valence electrons. The van der Waals surface area contributed by atoms with Gasteiger partial charge in [-0.3, -0.25) is 4.79 Å². The van der Waals surface area contributed by atoms with E-state index in [1.807, 2.05) is 0 Å². The van der Waals surface area contributed by atoms with E-state index in [9.17, 15) is 15.0 Å². The number of aliphatic hydroxyl groups excluding tert-OH is 2. The Bertz CT molecular complexity index is 332. The fourth-order valence-corrected chi connectivity index (χ4v) is 1.13. The van der Waals surface area contributed by atoms with Crippen molar-refractivity contribution in [2.75, 3.05) is 6.61 Å². The maximum atomic E-state index is 11.6. The molecule has 0 aliphatic rings. The van der Waals surface area contributed by atoms with Gasteiger partial charge in [-0.25, -0.2) is 0 Å². The highest BCUT2D eigenvalue weighted by molar-refractivity contribution is 6.00. The van der Waals surface area contributed by atoms with Crippen LogP contribution in [0.2, 0.25) is 0 Å². The van der Waals surface area contributed by atoms with Crippen molar-refractivity contribution >= 4 is 5.78 Å². The number of benzene rings is 1. The maximum absolute atomic E-state index is 11.6. The van der Waals surface area contributed by atoms with Gasteiger partial charge in [-0.05, 0) is 6.92 Å². The van der Waals surface area contributed by atoms with Gasteiger partial charge in [0.15, 0.2) is 5.78 Å². The molecule has 0 radical (unpaired) electrons.